The summed E-state index contributed by atoms with van der Waals surface area (Å²) in [7, 11) is 3.61. The first kappa shape index (κ1) is 35.0. The zero-order valence-electron chi connectivity index (χ0n) is 28.3. The van der Waals surface area contributed by atoms with Crippen molar-refractivity contribution in [3.05, 3.63) is 48.2 Å². The second-order valence-electron chi connectivity index (χ2n) is 12.1. The lowest BCUT2D eigenvalue weighted by molar-refractivity contribution is 0.0981. The summed E-state index contributed by atoms with van der Waals surface area (Å²) in [6.45, 7) is 6.52. The van der Waals surface area contributed by atoms with Crippen LogP contribution in [0.2, 0.25) is 0 Å². The Kier molecular flexibility index (Phi) is 11.4. The number of methoxy groups -OCH3 is 3. The normalized spacial score (nSPS) is 16.3. The Balaban J connectivity index is 1.30. The molecule has 0 radical (unpaired) electrons. The van der Waals surface area contributed by atoms with Gasteiger partial charge in [-0.25, -0.2) is 13.4 Å². The zero-order chi connectivity index (χ0) is 34.3. The minimum atomic E-state index is -3.24. The molecule has 260 valence electrons. The van der Waals surface area contributed by atoms with Crippen molar-refractivity contribution in [2.24, 2.45) is 0 Å². The van der Waals surface area contributed by atoms with Crippen LogP contribution in [0.25, 0.3) is 0 Å². The molecule has 2 aliphatic rings. The summed E-state index contributed by atoms with van der Waals surface area (Å²) in [5.74, 6) is 1.59. The van der Waals surface area contributed by atoms with Gasteiger partial charge in [0.15, 0.2) is 5.82 Å². The highest BCUT2D eigenvalue weighted by Crippen LogP contribution is 2.35. The number of amides is 1. The maximum atomic E-state index is 13.2. The molecule has 15 heteroatoms. The summed E-state index contributed by atoms with van der Waals surface area (Å²) >= 11 is 0. The predicted molar refractivity (Wildman–Crippen MR) is 188 cm³/mol. The van der Waals surface area contributed by atoms with E-state index in [0.717, 1.165) is 69.8 Å². The van der Waals surface area contributed by atoms with Crippen LogP contribution < -0.4 is 35.1 Å². The van der Waals surface area contributed by atoms with Crippen LogP contribution in [0.4, 0.5) is 28.8 Å². The number of nitrogens with one attached hydrogen (secondary N) is 3. The number of piperidine rings is 1. The predicted octanol–water partition coefficient (Wildman–Crippen LogP) is 3.17. The van der Waals surface area contributed by atoms with Gasteiger partial charge < -0.3 is 40.0 Å². The summed E-state index contributed by atoms with van der Waals surface area (Å²) in [6, 6.07) is 11.3. The number of anilines is 5. The lowest BCUT2D eigenvalue weighted by atomic mass is 10.0. The molecular weight excluding hydrogens is 636 g/mol. The number of rotatable bonds is 13. The van der Waals surface area contributed by atoms with E-state index >= 15 is 0 Å². The molecular formula is C33H46N8O6S. The number of sulfone groups is 1. The maximum absolute atomic E-state index is 13.2. The number of aromatic nitrogens is 2. The Morgan fingerprint density at radius 3 is 2.25 bits per heavy atom. The van der Waals surface area contributed by atoms with Crippen LogP contribution in [0.3, 0.4) is 0 Å². The lowest BCUT2D eigenvalue weighted by Gasteiger charge is -2.42. The second-order valence-corrected chi connectivity index (χ2v) is 14.4. The molecule has 2 saturated heterocycles. The van der Waals surface area contributed by atoms with Gasteiger partial charge in [0, 0.05) is 81.5 Å². The average molecular weight is 683 g/mol. The molecule has 2 aromatic carbocycles. The van der Waals surface area contributed by atoms with E-state index in [1.165, 1.54) is 20.4 Å². The third-order valence-corrected chi connectivity index (χ3v) is 9.66. The number of hydrogen-bond donors (Lipinski definition) is 3. The van der Waals surface area contributed by atoms with Crippen molar-refractivity contribution in [3.63, 3.8) is 0 Å². The summed E-state index contributed by atoms with van der Waals surface area (Å²) < 4.78 is 40.0. The van der Waals surface area contributed by atoms with Crippen LogP contribution in [0, 0.1) is 0 Å². The van der Waals surface area contributed by atoms with Gasteiger partial charge in [0.05, 0.1) is 39.0 Å². The van der Waals surface area contributed by atoms with Crippen LogP contribution in [0.15, 0.2) is 42.6 Å². The number of likely N-dealkylation sites (N-methyl/N-ethyl adjacent to an activating group) is 1. The third kappa shape index (κ3) is 9.17. The highest BCUT2D eigenvalue weighted by Gasteiger charge is 2.28. The van der Waals surface area contributed by atoms with Gasteiger partial charge in [-0.05, 0) is 44.2 Å². The largest absolute Gasteiger partial charge is 0.497 e. The Morgan fingerprint density at radius 2 is 1.62 bits per heavy atom. The van der Waals surface area contributed by atoms with Crippen molar-refractivity contribution in [1.29, 1.82) is 0 Å². The number of ether oxygens (including phenoxy) is 3. The molecule has 2 fully saturated rings. The molecule has 2 aliphatic heterocycles. The molecule has 0 bridgehead atoms. The zero-order valence-corrected chi connectivity index (χ0v) is 29.1. The number of piperazine rings is 1. The number of nitrogens with zero attached hydrogens (tertiary/aromatic N) is 5. The van der Waals surface area contributed by atoms with Gasteiger partial charge in [0.25, 0.3) is 5.91 Å². The molecule has 0 unspecified atom stereocenters. The Hall–Kier alpha value is -4.34. The molecule has 3 N–H and O–H groups in total. The fourth-order valence-electron chi connectivity index (χ4n) is 5.96. The summed E-state index contributed by atoms with van der Waals surface area (Å²) in [5.41, 5.74) is 2.32. The van der Waals surface area contributed by atoms with Gasteiger partial charge in [0.2, 0.25) is 5.95 Å². The van der Waals surface area contributed by atoms with Crippen molar-refractivity contribution >= 4 is 44.6 Å². The van der Waals surface area contributed by atoms with Crippen LogP contribution in [-0.4, -0.2) is 126 Å². The van der Waals surface area contributed by atoms with Gasteiger partial charge >= 0.3 is 0 Å². The molecule has 0 aliphatic carbocycles. The molecule has 14 nitrogen and oxygen atoms in total. The highest BCUT2D eigenvalue weighted by molar-refractivity contribution is 7.90. The van der Waals surface area contributed by atoms with Crippen LogP contribution in [-0.2, 0) is 9.84 Å². The Morgan fingerprint density at radius 1 is 0.938 bits per heavy atom. The highest BCUT2D eigenvalue weighted by atomic mass is 32.2. The molecule has 0 saturated carbocycles. The molecule has 1 amide bonds. The van der Waals surface area contributed by atoms with E-state index in [-0.39, 0.29) is 29.8 Å². The smallest absolute Gasteiger partial charge is 0.256 e. The van der Waals surface area contributed by atoms with E-state index in [1.54, 1.807) is 25.3 Å². The minimum absolute atomic E-state index is 0.0825. The monoisotopic (exact) mass is 682 g/mol. The van der Waals surface area contributed by atoms with Crippen LogP contribution in [0.5, 0.6) is 17.2 Å². The second kappa shape index (κ2) is 15.7. The average Bonchev–Trinajstić information content (AvgIpc) is 3.08. The first-order chi connectivity index (χ1) is 23.0. The molecule has 5 rings (SSSR count). The maximum Gasteiger partial charge on any atom is 0.256 e. The lowest BCUT2D eigenvalue weighted by Crippen LogP contribution is -2.52. The fraction of sp³-hybridized carbons (Fsp3) is 0.485. The summed E-state index contributed by atoms with van der Waals surface area (Å²) in [4.78, 5) is 29.6. The number of hydrogen-bond acceptors (Lipinski definition) is 13. The van der Waals surface area contributed by atoms with Crippen LogP contribution in [0.1, 0.15) is 23.2 Å². The number of carbonyl (C=O) groups excluding carboxylic acids is 1. The topological polar surface area (TPSA) is 150 Å². The quantitative estimate of drug-likeness (QED) is 0.243. The minimum Gasteiger partial charge on any atom is -0.497 e. The third-order valence-electron chi connectivity index (χ3n) is 8.71. The van der Waals surface area contributed by atoms with Gasteiger partial charge in [-0.2, -0.15) is 4.98 Å². The molecule has 0 atom stereocenters. The Bertz CT molecular complexity index is 1650. The van der Waals surface area contributed by atoms with Crippen molar-refractivity contribution < 1.29 is 27.4 Å². The van der Waals surface area contributed by atoms with Gasteiger partial charge in [-0.1, -0.05) is 0 Å². The van der Waals surface area contributed by atoms with E-state index in [4.69, 9.17) is 14.2 Å². The molecule has 3 heterocycles. The van der Waals surface area contributed by atoms with E-state index in [9.17, 15) is 13.2 Å². The van der Waals surface area contributed by atoms with E-state index in [0.29, 0.717) is 28.8 Å². The van der Waals surface area contributed by atoms with Gasteiger partial charge in [-0.3, -0.25) is 9.69 Å². The first-order valence-electron chi connectivity index (χ1n) is 16.0. The molecule has 1 aromatic heterocycles. The fourth-order valence-corrected chi connectivity index (χ4v) is 6.43. The summed E-state index contributed by atoms with van der Waals surface area (Å²) in [6.07, 6.45) is 4.85. The number of benzene rings is 2. The van der Waals surface area contributed by atoms with Crippen molar-refractivity contribution in [1.82, 2.24) is 19.8 Å². The van der Waals surface area contributed by atoms with Crippen molar-refractivity contribution in [2.75, 3.05) is 107 Å². The van der Waals surface area contributed by atoms with E-state index in [1.807, 2.05) is 18.2 Å². The SMILES string of the molecule is COc1cc(OC)cc(C(=O)Nc2cnc(Nc3ccc(N4CCC(N5CCN(C)CC5)CC4)c(OC)c3)nc2NCCS(C)(=O)=O)c1. The number of carbonyl (C=O) groups is 1. The van der Waals surface area contributed by atoms with Crippen LogP contribution >= 0.6 is 0 Å². The molecule has 0 spiro atoms. The van der Waals surface area contributed by atoms with E-state index in [2.05, 4.69) is 47.7 Å². The first-order valence-corrected chi connectivity index (χ1v) is 18.1. The molecule has 48 heavy (non-hydrogen) atoms. The Labute approximate surface area is 282 Å². The van der Waals surface area contributed by atoms with Gasteiger partial charge in [-0.15, -0.1) is 0 Å². The summed E-state index contributed by atoms with van der Waals surface area (Å²) in [5, 5.41) is 9.06. The van der Waals surface area contributed by atoms with Crippen molar-refractivity contribution in [3.8, 4) is 17.2 Å². The van der Waals surface area contributed by atoms with Crippen molar-refractivity contribution in [2.45, 2.75) is 18.9 Å². The van der Waals surface area contributed by atoms with E-state index < -0.39 is 15.7 Å². The molecule has 3 aromatic rings. The standard InChI is InChI=1S/C33H46N8O6S/c1-39-13-15-40(16-14-39)25-8-11-41(12-9-25)29-7-6-24(20-30(29)47-4)36-33-35-22-28(31(38-33)34-10-17-48(5,43)44)37-32(42)23-18-26(45-2)21-27(19-23)46-3/h6-7,18-22,25H,8-17H2,1-5H3,(H,37,42)(H2,34,35,36,38). The van der Waals surface area contributed by atoms with Gasteiger partial charge in [0.1, 0.15) is 32.8 Å².